The van der Waals surface area contributed by atoms with E-state index >= 15 is 0 Å². The fourth-order valence-corrected chi connectivity index (χ4v) is 3.33. The molecule has 1 aromatic carbocycles. The predicted octanol–water partition coefficient (Wildman–Crippen LogP) is 1.46. The molecule has 158 valence electrons. The Hall–Kier alpha value is -2.52. The third-order valence-corrected chi connectivity index (χ3v) is 4.88. The van der Waals surface area contributed by atoms with Gasteiger partial charge in [-0.15, -0.1) is 17.5 Å². The van der Waals surface area contributed by atoms with Crippen molar-refractivity contribution in [3.63, 3.8) is 0 Å². The second-order valence-corrected chi connectivity index (χ2v) is 7.06. The van der Waals surface area contributed by atoms with Gasteiger partial charge < -0.3 is 15.5 Å². The van der Waals surface area contributed by atoms with Crippen LogP contribution in [-0.4, -0.2) is 57.9 Å². The van der Waals surface area contributed by atoms with Gasteiger partial charge in [0.25, 0.3) is 5.91 Å². The maximum atomic E-state index is 13.5. The van der Waals surface area contributed by atoms with E-state index in [1.54, 1.807) is 30.9 Å². The fraction of sp³-hybridized carbons (Fsp3) is 0.474. The summed E-state index contributed by atoms with van der Waals surface area (Å²) < 4.78 is 15.2. The molecule has 1 aromatic heterocycles. The monoisotopic (exact) mass is 424 g/mol. The molecule has 2 aromatic rings. The molecule has 2 heterocycles. The Morgan fingerprint density at radius 3 is 2.90 bits per heavy atom. The van der Waals surface area contributed by atoms with Gasteiger partial charge in [0.05, 0.1) is 24.8 Å². The molecule has 0 radical (unpaired) electrons. The third-order valence-electron chi connectivity index (χ3n) is 4.88. The van der Waals surface area contributed by atoms with Gasteiger partial charge in [0, 0.05) is 25.7 Å². The van der Waals surface area contributed by atoms with E-state index in [0.717, 1.165) is 5.56 Å². The van der Waals surface area contributed by atoms with E-state index in [1.165, 1.54) is 17.0 Å². The highest BCUT2D eigenvalue weighted by molar-refractivity contribution is 5.95. The van der Waals surface area contributed by atoms with Gasteiger partial charge in [-0.2, -0.15) is 0 Å². The van der Waals surface area contributed by atoms with Crippen LogP contribution in [0.15, 0.2) is 24.4 Å². The fourth-order valence-electron chi connectivity index (χ4n) is 3.33. The molecule has 10 heteroatoms. The maximum absolute atomic E-state index is 13.5. The van der Waals surface area contributed by atoms with E-state index in [9.17, 15) is 14.0 Å². The molecule has 0 unspecified atom stereocenters. The lowest BCUT2D eigenvalue weighted by Crippen LogP contribution is -2.40. The van der Waals surface area contributed by atoms with Crippen LogP contribution in [0.2, 0.25) is 0 Å². The van der Waals surface area contributed by atoms with Crippen LogP contribution in [0, 0.1) is 12.7 Å². The first-order valence-electron chi connectivity index (χ1n) is 9.32. The molecule has 0 spiro atoms. The molecule has 1 fully saturated rings. The summed E-state index contributed by atoms with van der Waals surface area (Å²) in [5.41, 5.74) is 1.68. The Morgan fingerprint density at radius 2 is 2.17 bits per heavy atom. The summed E-state index contributed by atoms with van der Waals surface area (Å²) >= 11 is 0. The summed E-state index contributed by atoms with van der Waals surface area (Å²) in [4.78, 5) is 26.0. The molecule has 0 bridgehead atoms. The lowest BCUT2D eigenvalue weighted by Gasteiger charge is -2.17. The minimum absolute atomic E-state index is 0. The molecule has 3 rings (SSSR count). The zero-order valence-corrected chi connectivity index (χ0v) is 17.5. The number of aromatic nitrogens is 3. The number of likely N-dealkylation sites (N-methyl/N-ethyl adjacent to an activating group) is 1. The van der Waals surface area contributed by atoms with E-state index < -0.39 is 5.82 Å². The molecule has 1 saturated heterocycles. The molecule has 2 N–H and O–H groups in total. The molecule has 8 nitrogen and oxygen atoms in total. The Morgan fingerprint density at radius 1 is 1.41 bits per heavy atom. The Balaban J connectivity index is 0.00000300. The van der Waals surface area contributed by atoms with Crippen LogP contribution in [0.25, 0.3) is 0 Å². The first-order chi connectivity index (χ1) is 13.4. The summed E-state index contributed by atoms with van der Waals surface area (Å²) in [5.74, 6) is -0.727. The molecule has 2 amide bonds. The molecule has 29 heavy (non-hydrogen) atoms. The Labute approximate surface area is 175 Å². The van der Waals surface area contributed by atoms with E-state index in [0.29, 0.717) is 30.8 Å². The number of carbonyl (C=O) groups excluding carboxylic acids is 2. The molecule has 1 aliphatic rings. The molecular formula is C19H26ClFN6O2. The largest absolute Gasteiger partial charge is 0.355 e. The first kappa shape index (κ1) is 22.8. The lowest BCUT2D eigenvalue weighted by molar-refractivity contribution is -0.122. The predicted molar refractivity (Wildman–Crippen MR) is 108 cm³/mol. The second-order valence-electron chi connectivity index (χ2n) is 7.06. The third kappa shape index (κ3) is 5.30. The topological polar surface area (TPSA) is 92.2 Å². The molecule has 0 aliphatic carbocycles. The summed E-state index contributed by atoms with van der Waals surface area (Å²) in [5, 5.41) is 14.3. The first-order valence-corrected chi connectivity index (χ1v) is 9.32. The van der Waals surface area contributed by atoms with Gasteiger partial charge in [0.1, 0.15) is 11.5 Å². The van der Waals surface area contributed by atoms with Gasteiger partial charge in [0.15, 0.2) is 0 Å². The average molecular weight is 425 g/mol. The van der Waals surface area contributed by atoms with Crippen molar-refractivity contribution in [3.8, 4) is 0 Å². The highest BCUT2D eigenvalue weighted by Crippen LogP contribution is 2.20. The van der Waals surface area contributed by atoms with Crippen molar-refractivity contribution >= 4 is 24.2 Å². The summed E-state index contributed by atoms with van der Waals surface area (Å²) in [6.07, 6.45) is 2.42. The van der Waals surface area contributed by atoms with Gasteiger partial charge in [-0.1, -0.05) is 11.3 Å². The summed E-state index contributed by atoms with van der Waals surface area (Å²) in [6.45, 7) is 5.14. The zero-order valence-electron chi connectivity index (χ0n) is 16.7. The molecule has 1 aliphatic heterocycles. The minimum Gasteiger partial charge on any atom is -0.355 e. The standard InChI is InChI=1S/C19H25FN6O2.ClH/c1-4-21-18(27)17-8-15(9-22-17)26-11-14(23-24-26)10-25(3)19(28)16-7-13(20)6-5-12(16)2;/h5-7,11,15,17,22H,4,8-10H2,1-3H3,(H,21,27);1H/t15-,17+;/m1./s1. The Kier molecular flexibility index (Phi) is 7.69. The van der Waals surface area contributed by atoms with E-state index in [2.05, 4.69) is 20.9 Å². The van der Waals surface area contributed by atoms with Crippen molar-refractivity contribution in [2.24, 2.45) is 0 Å². The number of carbonyl (C=O) groups is 2. The van der Waals surface area contributed by atoms with Crippen molar-refractivity contribution < 1.29 is 14.0 Å². The van der Waals surface area contributed by atoms with Crippen molar-refractivity contribution in [2.45, 2.75) is 38.9 Å². The van der Waals surface area contributed by atoms with Gasteiger partial charge in [-0.25, -0.2) is 9.07 Å². The number of nitrogens with zero attached hydrogens (tertiary/aromatic N) is 4. The quantitative estimate of drug-likeness (QED) is 0.732. The van der Waals surface area contributed by atoms with Gasteiger partial charge in [-0.3, -0.25) is 9.59 Å². The van der Waals surface area contributed by atoms with Crippen molar-refractivity contribution in [1.82, 2.24) is 30.5 Å². The number of aryl methyl sites for hydroxylation is 1. The number of rotatable bonds is 6. The van der Waals surface area contributed by atoms with Crippen LogP contribution in [0.4, 0.5) is 4.39 Å². The smallest absolute Gasteiger partial charge is 0.254 e. The molecular weight excluding hydrogens is 399 g/mol. The summed E-state index contributed by atoms with van der Waals surface area (Å²) in [6, 6.07) is 3.96. The minimum atomic E-state index is -0.441. The van der Waals surface area contributed by atoms with Crippen LogP contribution in [0.1, 0.15) is 41.0 Å². The van der Waals surface area contributed by atoms with E-state index in [-0.39, 0.29) is 42.8 Å². The normalized spacial score (nSPS) is 18.2. The van der Waals surface area contributed by atoms with E-state index in [1.807, 2.05) is 6.92 Å². The highest BCUT2D eigenvalue weighted by Gasteiger charge is 2.31. The average Bonchev–Trinajstić information content (AvgIpc) is 3.32. The van der Waals surface area contributed by atoms with Crippen LogP contribution in [0.3, 0.4) is 0 Å². The number of benzene rings is 1. The molecule has 0 saturated carbocycles. The lowest BCUT2D eigenvalue weighted by atomic mass is 10.1. The highest BCUT2D eigenvalue weighted by atomic mass is 35.5. The number of nitrogens with one attached hydrogen (secondary N) is 2. The van der Waals surface area contributed by atoms with Gasteiger partial charge >= 0.3 is 0 Å². The van der Waals surface area contributed by atoms with Crippen molar-refractivity contribution in [1.29, 1.82) is 0 Å². The number of hydrogen-bond donors (Lipinski definition) is 2. The van der Waals surface area contributed by atoms with Crippen molar-refractivity contribution in [3.05, 3.63) is 47.0 Å². The maximum Gasteiger partial charge on any atom is 0.254 e. The molecule has 2 atom stereocenters. The van der Waals surface area contributed by atoms with Crippen LogP contribution in [0.5, 0.6) is 0 Å². The van der Waals surface area contributed by atoms with Gasteiger partial charge in [0.2, 0.25) is 5.91 Å². The van der Waals surface area contributed by atoms with Crippen LogP contribution in [-0.2, 0) is 11.3 Å². The Bertz CT molecular complexity index is 874. The number of hydrogen-bond acceptors (Lipinski definition) is 5. The van der Waals surface area contributed by atoms with Crippen LogP contribution >= 0.6 is 12.4 Å². The van der Waals surface area contributed by atoms with E-state index in [4.69, 9.17) is 0 Å². The second kappa shape index (κ2) is 9.80. The van der Waals surface area contributed by atoms with Crippen molar-refractivity contribution in [2.75, 3.05) is 20.1 Å². The van der Waals surface area contributed by atoms with Gasteiger partial charge in [-0.05, 0) is 38.0 Å². The van der Waals surface area contributed by atoms with Crippen LogP contribution < -0.4 is 10.6 Å². The number of amides is 2. The zero-order chi connectivity index (χ0) is 20.3. The SMILES string of the molecule is CCNC(=O)[C@@H]1C[C@@H](n2cc(CN(C)C(=O)c3cc(F)ccc3C)nn2)CN1.Cl. The number of halogens is 2. The summed E-state index contributed by atoms with van der Waals surface area (Å²) in [7, 11) is 1.65.